The topological polar surface area (TPSA) is 216 Å². The average molecular weight is 676 g/mol. The Balaban J connectivity index is 1.47. The molecule has 0 radical (unpaired) electrons. The number of benzene rings is 2. The number of aliphatic hydroxyl groups excluding tert-OH is 3. The quantitative estimate of drug-likeness (QED) is 0.0623. The Kier molecular flexibility index (Phi) is 13.5. The van der Waals surface area contributed by atoms with E-state index in [1.165, 1.54) is 42.3 Å². The average Bonchev–Trinajstić information content (AvgIpc) is 3.09. The van der Waals surface area contributed by atoms with Gasteiger partial charge in [-0.15, -0.1) is 0 Å². The highest BCUT2D eigenvalue weighted by Crippen LogP contribution is 2.36. The number of nitrogens with one attached hydrogen (secondary N) is 1. The lowest BCUT2D eigenvalue weighted by molar-refractivity contribution is -0.386. The fraction of sp³-hybridized carbons (Fsp3) is 0.531. The summed E-state index contributed by atoms with van der Waals surface area (Å²) in [7, 11) is 1.40. The first-order valence-corrected chi connectivity index (χ1v) is 15.7. The highest BCUT2D eigenvalue weighted by atomic mass is 16.7. The van der Waals surface area contributed by atoms with E-state index < -0.39 is 41.7 Å². The number of hydrogen-bond donors (Lipinski definition) is 4. The molecule has 2 fully saturated rings. The SMILES string of the molecule is COc1cc(C(=O)N2CCCCC2C(O)OCc2ccc(OC3CC(O)CC(CO)O3)c([N+](=O)[O-])c2)c(NC=O)cc1OCCCC=O. The van der Waals surface area contributed by atoms with Gasteiger partial charge in [0.1, 0.15) is 6.29 Å². The third kappa shape index (κ3) is 9.38. The molecule has 0 aromatic heterocycles. The summed E-state index contributed by atoms with van der Waals surface area (Å²) in [6, 6.07) is 6.25. The van der Waals surface area contributed by atoms with Crippen molar-refractivity contribution < 1.29 is 58.3 Å². The third-order valence-corrected chi connectivity index (χ3v) is 8.06. The van der Waals surface area contributed by atoms with Crippen molar-refractivity contribution in [2.75, 3.05) is 32.2 Å². The van der Waals surface area contributed by atoms with Crippen molar-refractivity contribution in [3.8, 4) is 17.2 Å². The molecule has 2 amide bonds. The van der Waals surface area contributed by atoms with Gasteiger partial charge >= 0.3 is 5.69 Å². The fourth-order valence-corrected chi connectivity index (χ4v) is 5.67. The minimum Gasteiger partial charge on any atom is -0.493 e. The van der Waals surface area contributed by atoms with Crippen LogP contribution in [-0.4, -0.2) is 101 Å². The van der Waals surface area contributed by atoms with Crippen molar-refractivity contribution in [2.45, 2.75) is 82.4 Å². The van der Waals surface area contributed by atoms with Gasteiger partial charge in [0.25, 0.3) is 5.91 Å². The lowest BCUT2D eigenvalue weighted by Gasteiger charge is -2.38. The number of nitro benzene ring substituents is 1. The molecule has 0 spiro atoms. The van der Waals surface area contributed by atoms with Crippen LogP contribution in [0.3, 0.4) is 0 Å². The van der Waals surface area contributed by atoms with Crippen LogP contribution in [0, 0.1) is 10.1 Å². The second-order valence-corrected chi connectivity index (χ2v) is 11.4. The predicted octanol–water partition coefficient (Wildman–Crippen LogP) is 2.30. The molecule has 0 saturated carbocycles. The Bertz CT molecular complexity index is 1420. The Morgan fingerprint density at radius 2 is 2.00 bits per heavy atom. The number of methoxy groups -OCH3 is 1. The van der Waals surface area contributed by atoms with Gasteiger partial charge in [-0.25, -0.2) is 0 Å². The smallest absolute Gasteiger partial charge is 0.311 e. The number of anilines is 1. The third-order valence-electron chi connectivity index (χ3n) is 8.06. The molecule has 0 aliphatic carbocycles. The zero-order valence-electron chi connectivity index (χ0n) is 26.5. The van der Waals surface area contributed by atoms with E-state index in [1.54, 1.807) is 0 Å². The van der Waals surface area contributed by atoms with E-state index in [4.69, 9.17) is 23.7 Å². The number of ether oxygens (including phenoxy) is 5. The summed E-state index contributed by atoms with van der Waals surface area (Å²) >= 11 is 0. The number of carbonyl (C=O) groups excluding carboxylic acids is 3. The molecule has 2 aromatic rings. The van der Waals surface area contributed by atoms with Gasteiger partial charge in [0.2, 0.25) is 12.7 Å². The van der Waals surface area contributed by atoms with Crippen molar-refractivity contribution in [3.63, 3.8) is 0 Å². The second kappa shape index (κ2) is 17.7. The first-order chi connectivity index (χ1) is 23.2. The van der Waals surface area contributed by atoms with Crippen LogP contribution in [-0.2, 0) is 25.7 Å². The van der Waals surface area contributed by atoms with Crippen LogP contribution < -0.4 is 19.5 Å². The van der Waals surface area contributed by atoms with E-state index in [0.717, 1.165) is 6.29 Å². The Hall–Kier alpha value is -4.35. The fourth-order valence-electron chi connectivity index (χ4n) is 5.67. The maximum atomic E-state index is 13.9. The maximum absolute atomic E-state index is 13.9. The number of carbonyl (C=O) groups is 3. The predicted molar refractivity (Wildman–Crippen MR) is 168 cm³/mol. The number of nitro groups is 1. The summed E-state index contributed by atoms with van der Waals surface area (Å²) in [5.74, 6) is -0.0869. The summed E-state index contributed by atoms with van der Waals surface area (Å²) in [6.07, 6.45) is 0.133. The summed E-state index contributed by atoms with van der Waals surface area (Å²) in [4.78, 5) is 48.6. The molecule has 16 nitrogen and oxygen atoms in total. The van der Waals surface area contributed by atoms with Crippen molar-refractivity contribution in [1.82, 2.24) is 4.90 Å². The summed E-state index contributed by atoms with van der Waals surface area (Å²) in [5.41, 5.74) is 0.231. The molecule has 4 N–H and O–H groups in total. The monoisotopic (exact) mass is 675 g/mol. The molecule has 262 valence electrons. The van der Waals surface area contributed by atoms with Crippen molar-refractivity contribution in [2.24, 2.45) is 0 Å². The van der Waals surface area contributed by atoms with Crippen LogP contribution in [0.25, 0.3) is 0 Å². The highest BCUT2D eigenvalue weighted by Gasteiger charge is 2.35. The molecule has 2 aromatic carbocycles. The number of rotatable bonds is 17. The normalized spacial score (nSPS) is 21.5. The molecular formula is C32H41N3O13. The van der Waals surface area contributed by atoms with Gasteiger partial charge in [-0.1, -0.05) is 6.07 Å². The maximum Gasteiger partial charge on any atom is 0.311 e. The first-order valence-electron chi connectivity index (χ1n) is 15.7. The van der Waals surface area contributed by atoms with Gasteiger partial charge in [0.05, 0.1) is 61.4 Å². The minimum atomic E-state index is -1.46. The molecule has 48 heavy (non-hydrogen) atoms. The first kappa shape index (κ1) is 36.5. The van der Waals surface area contributed by atoms with E-state index in [-0.39, 0.29) is 66.8 Å². The molecular weight excluding hydrogens is 634 g/mol. The highest BCUT2D eigenvalue weighted by molar-refractivity contribution is 6.02. The van der Waals surface area contributed by atoms with E-state index >= 15 is 0 Å². The largest absolute Gasteiger partial charge is 0.493 e. The number of aldehydes is 1. The molecule has 2 heterocycles. The lowest BCUT2D eigenvalue weighted by atomic mass is 9.99. The van der Waals surface area contributed by atoms with Gasteiger partial charge < -0.3 is 54.0 Å². The molecule has 5 atom stereocenters. The zero-order chi connectivity index (χ0) is 34.6. The van der Waals surface area contributed by atoms with E-state index in [2.05, 4.69) is 5.32 Å². The van der Waals surface area contributed by atoms with Crippen LogP contribution >= 0.6 is 0 Å². The Morgan fingerprint density at radius 1 is 1.19 bits per heavy atom. The number of aliphatic hydroxyl groups is 3. The molecule has 2 aliphatic rings. The van der Waals surface area contributed by atoms with Gasteiger partial charge in [-0.05, 0) is 43.4 Å². The van der Waals surface area contributed by atoms with Gasteiger partial charge in [-0.2, -0.15) is 0 Å². The Morgan fingerprint density at radius 3 is 2.71 bits per heavy atom. The molecule has 0 bridgehead atoms. The van der Waals surface area contributed by atoms with E-state index in [9.17, 15) is 39.8 Å². The van der Waals surface area contributed by atoms with Crippen LogP contribution in [0.2, 0.25) is 0 Å². The Labute approximate surface area is 276 Å². The standard InChI is InChI=1S/C32H41N3O13/c1-44-28-15-23(24(33-19-38)16-29(28)45-11-5-4-10-36)31(40)34-9-3-2-6-25(34)32(41)46-18-20-7-8-27(26(12-20)35(42)43)48-30-14-21(39)13-22(17-37)47-30/h7-8,10,12,15-16,19,21-22,25,30,32,37,39,41H,2-6,9,11,13-14,17-18H2,1H3,(H,33,38). The summed E-state index contributed by atoms with van der Waals surface area (Å²) in [6.45, 7) is -0.0565. The number of amides is 2. The van der Waals surface area contributed by atoms with E-state index in [1.807, 2.05) is 0 Å². The minimum absolute atomic E-state index is 0.0706. The lowest BCUT2D eigenvalue weighted by Crippen LogP contribution is -2.50. The van der Waals surface area contributed by atoms with Crippen LogP contribution in [0.1, 0.15) is 60.9 Å². The van der Waals surface area contributed by atoms with Crippen molar-refractivity contribution >= 4 is 30.0 Å². The van der Waals surface area contributed by atoms with E-state index in [0.29, 0.717) is 50.6 Å². The van der Waals surface area contributed by atoms with Crippen LogP contribution in [0.15, 0.2) is 30.3 Å². The van der Waals surface area contributed by atoms with Crippen LogP contribution in [0.4, 0.5) is 11.4 Å². The number of nitrogens with zero attached hydrogens (tertiary/aromatic N) is 2. The molecule has 2 saturated heterocycles. The zero-order valence-corrected chi connectivity index (χ0v) is 26.5. The summed E-state index contributed by atoms with van der Waals surface area (Å²) < 4.78 is 28.1. The number of hydrogen-bond acceptors (Lipinski definition) is 13. The van der Waals surface area contributed by atoms with Crippen molar-refractivity contribution in [3.05, 3.63) is 51.6 Å². The number of piperidine rings is 1. The molecule has 2 aliphatic heterocycles. The van der Waals surface area contributed by atoms with Crippen LogP contribution in [0.5, 0.6) is 17.2 Å². The second-order valence-electron chi connectivity index (χ2n) is 11.4. The molecule has 4 rings (SSSR count). The van der Waals surface area contributed by atoms with Gasteiger partial charge in [0.15, 0.2) is 23.5 Å². The number of unbranched alkanes of at least 4 members (excludes halogenated alkanes) is 1. The van der Waals surface area contributed by atoms with Gasteiger partial charge in [0, 0.05) is 37.9 Å². The van der Waals surface area contributed by atoms with Crippen molar-refractivity contribution in [1.29, 1.82) is 0 Å². The van der Waals surface area contributed by atoms with Gasteiger partial charge in [-0.3, -0.25) is 19.7 Å². The number of likely N-dealkylation sites (tertiary alicyclic amines) is 1. The summed E-state index contributed by atoms with van der Waals surface area (Å²) in [5, 5.41) is 44.9. The molecule has 16 heteroatoms. The molecule has 5 unspecified atom stereocenters.